The number of carbonyl (C=O) groups excluding carboxylic acids is 1. The molecule has 0 aliphatic heterocycles. The Bertz CT molecular complexity index is 1350. The number of hydrogen-bond donors (Lipinski definition) is 2. The summed E-state index contributed by atoms with van der Waals surface area (Å²) in [6.07, 6.45) is 0. The smallest absolute Gasteiger partial charge is 0.409 e. The van der Waals surface area contributed by atoms with Gasteiger partial charge in [-0.1, -0.05) is 0 Å². The van der Waals surface area contributed by atoms with Crippen LogP contribution in [0.2, 0.25) is 0 Å². The van der Waals surface area contributed by atoms with Gasteiger partial charge in [0.05, 0.1) is 11.4 Å². The molecule has 0 atom stereocenters. The molecule has 2 aromatic carbocycles. The van der Waals surface area contributed by atoms with Crippen molar-refractivity contribution in [3.63, 3.8) is 0 Å². The molecule has 0 saturated carbocycles. The normalized spacial score (nSPS) is 11.3. The van der Waals surface area contributed by atoms with Crippen LogP contribution in [-0.2, 0) is 15.1 Å². The maximum absolute atomic E-state index is 12.2. The van der Waals surface area contributed by atoms with E-state index in [1.54, 1.807) is 19.9 Å². The number of aromatic carboxylic acids is 1. The molecule has 3 aromatic rings. The van der Waals surface area contributed by atoms with Crippen LogP contribution >= 0.6 is 0 Å². The molecule has 0 aliphatic rings. The molecule has 1 aromatic heterocycles. The molecular weight excluding hydrogens is 466 g/mol. The van der Waals surface area contributed by atoms with Crippen molar-refractivity contribution < 1.29 is 32.0 Å². The third-order valence-corrected chi connectivity index (χ3v) is 4.81. The number of ether oxygens (including phenoxy) is 1. The molecule has 13 heteroatoms. The number of azo groups is 1. The van der Waals surface area contributed by atoms with Gasteiger partial charge >= 0.3 is 22.2 Å². The standard InChI is InChI=1S/C21H19N5O7S/c1-12-10-13(2)23-21(22-12)26-34(30,31)33-17-7-4-15(5-8-17)24-25-16-6-9-19(32-14(3)27)18(11-16)20(28)29/h4-11H,1-3H3,(H,28,29)(H,22,23,26). The zero-order valence-corrected chi connectivity index (χ0v) is 19.0. The van der Waals surface area contributed by atoms with E-state index in [0.29, 0.717) is 17.1 Å². The highest BCUT2D eigenvalue weighted by Gasteiger charge is 2.16. The van der Waals surface area contributed by atoms with Crippen molar-refractivity contribution in [3.05, 3.63) is 65.5 Å². The summed E-state index contributed by atoms with van der Waals surface area (Å²) < 4.78 is 36.5. The molecule has 176 valence electrons. The number of aryl methyl sites for hydroxylation is 2. The number of hydrogen-bond acceptors (Lipinski definition) is 10. The van der Waals surface area contributed by atoms with Gasteiger partial charge in [0.15, 0.2) is 0 Å². The van der Waals surface area contributed by atoms with E-state index in [4.69, 9.17) is 8.92 Å². The molecule has 0 fully saturated rings. The van der Waals surface area contributed by atoms with E-state index in [1.165, 1.54) is 42.5 Å². The second kappa shape index (κ2) is 10.0. The lowest BCUT2D eigenvalue weighted by molar-refractivity contribution is -0.131. The molecule has 0 spiro atoms. The van der Waals surface area contributed by atoms with Crippen molar-refractivity contribution in [2.75, 3.05) is 4.72 Å². The number of carbonyl (C=O) groups is 2. The number of aromatic nitrogens is 2. The fourth-order valence-electron chi connectivity index (χ4n) is 2.71. The van der Waals surface area contributed by atoms with Crippen LogP contribution in [0.4, 0.5) is 17.3 Å². The van der Waals surface area contributed by atoms with Crippen molar-refractivity contribution in [2.45, 2.75) is 20.8 Å². The SMILES string of the molecule is CC(=O)Oc1ccc(N=Nc2ccc(OS(=O)(=O)Nc3nc(C)cc(C)n3)cc2)cc1C(=O)O. The fourth-order valence-corrected chi connectivity index (χ4v) is 3.43. The van der Waals surface area contributed by atoms with Crippen LogP contribution in [-0.4, -0.2) is 35.4 Å². The number of esters is 1. The van der Waals surface area contributed by atoms with Crippen LogP contribution in [0.5, 0.6) is 11.5 Å². The summed E-state index contributed by atoms with van der Waals surface area (Å²) in [5.41, 5.74) is 1.49. The van der Waals surface area contributed by atoms with Gasteiger partial charge in [0.25, 0.3) is 0 Å². The lowest BCUT2D eigenvalue weighted by Crippen LogP contribution is -2.21. The molecule has 34 heavy (non-hydrogen) atoms. The van der Waals surface area contributed by atoms with E-state index in [2.05, 4.69) is 24.9 Å². The van der Waals surface area contributed by atoms with Gasteiger partial charge in [-0.25, -0.2) is 19.5 Å². The molecule has 0 amide bonds. The Labute approximate surface area is 194 Å². The Hall–Kier alpha value is -4.39. The van der Waals surface area contributed by atoms with Gasteiger partial charge in [0.2, 0.25) is 5.95 Å². The number of rotatable bonds is 8. The molecule has 3 rings (SSSR count). The van der Waals surface area contributed by atoms with Crippen LogP contribution in [0, 0.1) is 13.8 Å². The van der Waals surface area contributed by atoms with Crippen molar-refractivity contribution in [3.8, 4) is 11.5 Å². The first-order valence-electron chi connectivity index (χ1n) is 9.63. The molecule has 0 aliphatic carbocycles. The molecule has 2 N–H and O–H groups in total. The summed E-state index contributed by atoms with van der Waals surface area (Å²) in [6, 6.07) is 11.3. The van der Waals surface area contributed by atoms with Crippen LogP contribution in [0.15, 0.2) is 58.8 Å². The third-order valence-electron chi connectivity index (χ3n) is 3.97. The number of carboxylic acids is 1. The highest BCUT2D eigenvalue weighted by atomic mass is 32.2. The average molecular weight is 485 g/mol. The molecule has 1 heterocycles. The summed E-state index contributed by atoms with van der Waals surface area (Å²) in [7, 11) is -4.24. The molecule has 0 radical (unpaired) electrons. The minimum atomic E-state index is -4.24. The Balaban J connectivity index is 1.70. The van der Waals surface area contributed by atoms with Gasteiger partial charge in [0, 0.05) is 18.3 Å². The monoisotopic (exact) mass is 485 g/mol. The van der Waals surface area contributed by atoms with Gasteiger partial charge in [-0.05, 0) is 62.4 Å². The molecule has 0 unspecified atom stereocenters. The Morgan fingerprint density at radius 3 is 2.12 bits per heavy atom. The zero-order chi connectivity index (χ0) is 24.9. The van der Waals surface area contributed by atoms with Crippen molar-refractivity contribution in [2.24, 2.45) is 10.2 Å². The minimum absolute atomic E-state index is 0.00900. The van der Waals surface area contributed by atoms with Gasteiger partial charge in [-0.3, -0.25) is 4.79 Å². The first kappa shape index (κ1) is 24.3. The van der Waals surface area contributed by atoms with Gasteiger partial charge in [-0.2, -0.15) is 18.6 Å². The van der Waals surface area contributed by atoms with E-state index in [1.807, 2.05) is 0 Å². The van der Waals surface area contributed by atoms with Crippen molar-refractivity contribution >= 4 is 39.6 Å². The Morgan fingerprint density at radius 1 is 0.941 bits per heavy atom. The van der Waals surface area contributed by atoms with Gasteiger partial charge in [-0.15, -0.1) is 0 Å². The topological polar surface area (TPSA) is 169 Å². The van der Waals surface area contributed by atoms with E-state index in [-0.39, 0.29) is 28.7 Å². The summed E-state index contributed by atoms with van der Waals surface area (Å²) in [4.78, 5) is 30.5. The second-order valence-electron chi connectivity index (χ2n) is 6.89. The largest absolute Gasteiger partial charge is 0.478 e. The predicted molar refractivity (Wildman–Crippen MR) is 120 cm³/mol. The second-order valence-corrected chi connectivity index (χ2v) is 8.17. The lowest BCUT2D eigenvalue weighted by atomic mass is 10.2. The maximum Gasteiger partial charge on any atom is 0.409 e. The number of nitrogens with one attached hydrogen (secondary N) is 1. The molecule has 0 bridgehead atoms. The summed E-state index contributed by atoms with van der Waals surface area (Å²) in [5, 5.41) is 17.2. The van der Waals surface area contributed by atoms with Crippen LogP contribution < -0.4 is 13.6 Å². The molecule has 0 saturated heterocycles. The highest BCUT2D eigenvalue weighted by Crippen LogP contribution is 2.27. The highest BCUT2D eigenvalue weighted by molar-refractivity contribution is 7.88. The number of nitrogens with zero attached hydrogens (tertiary/aromatic N) is 4. The minimum Gasteiger partial charge on any atom is -0.478 e. The quantitative estimate of drug-likeness (QED) is 0.273. The lowest BCUT2D eigenvalue weighted by Gasteiger charge is -2.09. The summed E-state index contributed by atoms with van der Waals surface area (Å²) in [5.74, 6) is -2.16. The first-order chi connectivity index (χ1) is 16.0. The maximum atomic E-state index is 12.2. The fraction of sp³-hybridized carbons (Fsp3) is 0.143. The van der Waals surface area contributed by atoms with Crippen LogP contribution in [0.1, 0.15) is 28.7 Å². The summed E-state index contributed by atoms with van der Waals surface area (Å²) >= 11 is 0. The molecular formula is C21H19N5O7S. The number of anilines is 1. The Morgan fingerprint density at radius 2 is 1.53 bits per heavy atom. The Kier molecular flexibility index (Phi) is 7.16. The van der Waals surface area contributed by atoms with Crippen molar-refractivity contribution in [1.82, 2.24) is 9.97 Å². The zero-order valence-electron chi connectivity index (χ0n) is 18.2. The third kappa shape index (κ3) is 6.80. The van der Waals surface area contributed by atoms with E-state index >= 15 is 0 Å². The van der Waals surface area contributed by atoms with E-state index in [0.717, 1.165) is 6.92 Å². The average Bonchev–Trinajstić information content (AvgIpc) is 2.72. The van der Waals surface area contributed by atoms with Crippen molar-refractivity contribution in [1.29, 1.82) is 0 Å². The number of carboxylic acid groups (broad SMARTS) is 1. The number of benzene rings is 2. The predicted octanol–water partition coefficient (Wildman–Crippen LogP) is 3.87. The summed E-state index contributed by atoms with van der Waals surface area (Å²) in [6.45, 7) is 4.57. The van der Waals surface area contributed by atoms with Crippen LogP contribution in [0.3, 0.4) is 0 Å². The van der Waals surface area contributed by atoms with E-state index < -0.39 is 22.2 Å². The van der Waals surface area contributed by atoms with E-state index in [9.17, 15) is 23.1 Å². The molecule has 12 nitrogen and oxygen atoms in total. The van der Waals surface area contributed by atoms with Gasteiger partial charge in [0.1, 0.15) is 17.1 Å². The van der Waals surface area contributed by atoms with Crippen LogP contribution in [0.25, 0.3) is 0 Å². The van der Waals surface area contributed by atoms with Gasteiger partial charge < -0.3 is 14.0 Å². The first-order valence-corrected chi connectivity index (χ1v) is 11.0.